The Balaban J connectivity index is 1.92. The fourth-order valence-electron chi connectivity index (χ4n) is 1.65. The van der Waals surface area contributed by atoms with E-state index >= 15 is 0 Å². The molecule has 2 aromatic carbocycles. The van der Waals surface area contributed by atoms with Gasteiger partial charge in [0.15, 0.2) is 0 Å². The fraction of sp³-hybridized carbons (Fsp3) is 0.0625. The molecule has 0 aromatic heterocycles. The number of halogens is 3. The molecular weight excluding hydrogens is 312 g/mol. The normalized spacial score (nSPS) is 10.8. The van der Waals surface area contributed by atoms with E-state index in [9.17, 15) is 9.18 Å². The molecule has 0 unspecified atom stereocenters. The van der Waals surface area contributed by atoms with E-state index in [0.29, 0.717) is 22.2 Å². The molecule has 2 aromatic rings. The molecule has 0 aliphatic carbocycles. The van der Waals surface area contributed by atoms with E-state index in [2.05, 4.69) is 5.32 Å². The second kappa shape index (κ2) is 7.25. The average molecular weight is 324 g/mol. The van der Waals surface area contributed by atoms with Gasteiger partial charge in [-0.2, -0.15) is 0 Å². The maximum atomic E-state index is 12.7. The quantitative estimate of drug-likeness (QED) is 0.827. The Bertz CT molecular complexity index is 668. The largest absolute Gasteiger partial charge is 0.348 e. The third kappa shape index (κ3) is 4.88. The van der Waals surface area contributed by atoms with Crippen molar-refractivity contribution in [3.63, 3.8) is 0 Å². The van der Waals surface area contributed by atoms with Gasteiger partial charge < -0.3 is 5.32 Å². The molecule has 5 heteroatoms. The van der Waals surface area contributed by atoms with Crippen LogP contribution in [0, 0.1) is 5.82 Å². The van der Waals surface area contributed by atoms with Crippen LogP contribution < -0.4 is 5.32 Å². The van der Waals surface area contributed by atoms with Gasteiger partial charge in [-0.05, 0) is 41.5 Å². The molecule has 0 atom stereocenters. The molecule has 0 saturated heterocycles. The molecule has 0 heterocycles. The van der Waals surface area contributed by atoms with E-state index in [1.165, 1.54) is 18.2 Å². The van der Waals surface area contributed by atoms with Gasteiger partial charge in [0.25, 0.3) is 0 Å². The minimum atomic E-state index is -0.303. The molecule has 21 heavy (non-hydrogen) atoms. The molecule has 0 bridgehead atoms. The Morgan fingerprint density at radius 3 is 2.52 bits per heavy atom. The van der Waals surface area contributed by atoms with Gasteiger partial charge in [-0.1, -0.05) is 41.4 Å². The molecule has 108 valence electrons. The third-order valence-electron chi connectivity index (χ3n) is 2.76. The van der Waals surface area contributed by atoms with E-state index < -0.39 is 0 Å². The van der Waals surface area contributed by atoms with Gasteiger partial charge >= 0.3 is 0 Å². The number of benzene rings is 2. The first-order valence-electron chi connectivity index (χ1n) is 6.20. The number of nitrogens with one attached hydrogen (secondary N) is 1. The molecule has 0 saturated carbocycles. The van der Waals surface area contributed by atoms with Gasteiger partial charge in [0.05, 0.1) is 0 Å². The second-order valence-corrected chi connectivity index (χ2v) is 5.19. The maximum absolute atomic E-state index is 12.7. The van der Waals surface area contributed by atoms with Crippen LogP contribution in [-0.2, 0) is 11.3 Å². The molecule has 1 N–H and O–H groups in total. The van der Waals surface area contributed by atoms with Gasteiger partial charge in [0.1, 0.15) is 5.82 Å². The Morgan fingerprint density at radius 1 is 1.14 bits per heavy atom. The highest BCUT2D eigenvalue weighted by Gasteiger charge is 2.00. The lowest BCUT2D eigenvalue weighted by Crippen LogP contribution is -2.20. The lowest BCUT2D eigenvalue weighted by molar-refractivity contribution is -0.116. The van der Waals surface area contributed by atoms with Crippen molar-refractivity contribution in [2.24, 2.45) is 0 Å². The first-order chi connectivity index (χ1) is 10.0. The molecule has 2 rings (SSSR count). The number of hydrogen-bond donors (Lipinski definition) is 1. The van der Waals surface area contributed by atoms with E-state index in [4.69, 9.17) is 23.2 Å². The number of amides is 1. The summed E-state index contributed by atoms with van der Waals surface area (Å²) in [5, 5.41) is 3.72. The van der Waals surface area contributed by atoms with Gasteiger partial charge in [0, 0.05) is 22.7 Å². The van der Waals surface area contributed by atoms with Crippen molar-refractivity contribution in [2.75, 3.05) is 0 Å². The highest BCUT2D eigenvalue weighted by Crippen LogP contribution is 2.21. The fourth-order valence-corrected chi connectivity index (χ4v) is 2.12. The summed E-state index contributed by atoms with van der Waals surface area (Å²) in [5.41, 5.74) is 1.53. The van der Waals surface area contributed by atoms with Crippen molar-refractivity contribution in [3.8, 4) is 0 Å². The Morgan fingerprint density at radius 2 is 1.86 bits per heavy atom. The summed E-state index contributed by atoms with van der Waals surface area (Å²) < 4.78 is 12.7. The van der Waals surface area contributed by atoms with Crippen molar-refractivity contribution < 1.29 is 9.18 Å². The summed E-state index contributed by atoms with van der Waals surface area (Å²) in [5.74, 6) is -0.562. The standard InChI is InChI=1S/C16H12Cl2FNO/c17-13-5-3-12(15(18)9-13)4-8-16(21)20-10-11-1-6-14(19)7-2-11/h1-9H,10H2,(H,20,21)/b8-4+. The van der Waals surface area contributed by atoms with Crippen LogP contribution >= 0.6 is 23.2 Å². The SMILES string of the molecule is O=C(/C=C/c1ccc(Cl)cc1Cl)NCc1ccc(F)cc1. The van der Waals surface area contributed by atoms with Gasteiger partial charge in [-0.3, -0.25) is 4.79 Å². The first kappa shape index (κ1) is 15.5. The molecule has 0 spiro atoms. The minimum absolute atomic E-state index is 0.259. The van der Waals surface area contributed by atoms with Gasteiger partial charge in [-0.15, -0.1) is 0 Å². The lowest BCUT2D eigenvalue weighted by atomic mass is 10.2. The summed E-state index contributed by atoms with van der Waals surface area (Å²) in [6.07, 6.45) is 3.00. The topological polar surface area (TPSA) is 29.1 Å². The number of hydrogen-bond acceptors (Lipinski definition) is 1. The van der Waals surface area contributed by atoms with Crippen LogP contribution in [-0.4, -0.2) is 5.91 Å². The third-order valence-corrected chi connectivity index (χ3v) is 3.32. The Hall–Kier alpha value is -1.84. The van der Waals surface area contributed by atoms with E-state index in [0.717, 1.165) is 5.56 Å². The summed E-state index contributed by atoms with van der Waals surface area (Å²) >= 11 is 11.8. The van der Waals surface area contributed by atoms with Crippen LogP contribution in [0.4, 0.5) is 4.39 Å². The van der Waals surface area contributed by atoms with Gasteiger partial charge in [0.2, 0.25) is 5.91 Å². The van der Waals surface area contributed by atoms with Crippen LogP contribution in [0.3, 0.4) is 0 Å². The molecule has 0 aliphatic rings. The summed E-state index contributed by atoms with van der Waals surface area (Å²) in [7, 11) is 0. The second-order valence-electron chi connectivity index (χ2n) is 4.34. The van der Waals surface area contributed by atoms with Crippen molar-refractivity contribution in [1.29, 1.82) is 0 Å². The molecular formula is C16H12Cl2FNO. The summed E-state index contributed by atoms with van der Waals surface area (Å²) in [4.78, 5) is 11.7. The Labute approximate surface area is 132 Å². The van der Waals surface area contributed by atoms with E-state index in [1.54, 1.807) is 36.4 Å². The molecule has 2 nitrogen and oxygen atoms in total. The lowest BCUT2D eigenvalue weighted by Gasteiger charge is -2.03. The predicted octanol–water partition coefficient (Wildman–Crippen LogP) is 4.46. The zero-order valence-electron chi connectivity index (χ0n) is 10.9. The minimum Gasteiger partial charge on any atom is -0.348 e. The molecule has 0 aliphatic heterocycles. The summed E-state index contributed by atoms with van der Waals surface area (Å²) in [6.45, 7) is 0.331. The van der Waals surface area contributed by atoms with Gasteiger partial charge in [-0.25, -0.2) is 4.39 Å². The highest BCUT2D eigenvalue weighted by atomic mass is 35.5. The van der Waals surface area contributed by atoms with Crippen molar-refractivity contribution >= 4 is 35.2 Å². The Kier molecular flexibility index (Phi) is 5.37. The van der Waals surface area contributed by atoms with E-state index in [1.807, 2.05) is 0 Å². The van der Waals surface area contributed by atoms with Crippen LogP contribution in [0.5, 0.6) is 0 Å². The predicted molar refractivity (Wildman–Crippen MR) is 83.7 cm³/mol. The van der Waals surface area contributed by atoms with Crippen molar-refractivity contribution in [2.45, 2.75) is 6.54 Å². The van der Waals surface area contributed by atoms with Crippen LogP contribution in [0.25, 0.3) is 6.08 Å². The zero-order chi connectivity index (χ0) is 15.2. The summed E-state index contributed by atoms with van der Waals surface area (Å²) in [6, 6.07) is 11.0. The van der Waals surface area contributed by atoms with Crippen LogP contribution in [0.15, 0.2) is 48.5 Å². The molecule has 1 amide bonds. The molecule has 0 fully saturated rings. The van der Waals surface area contributed by atoms with Crippen LogP contribution in [0.2, 0.25) is 10.0 Å². The van der Waals surface area contributed by atoms with Crippen LogP contribution in [0.1, 0.15) is 11.1 Å². The zero-order valence-corrected chi connectivity index (χ0v) is 12.5. The monoisotopic (exact) mass is 323 g/mol. The maximum Gasteiger partial charge on any atom is 0.244 e. The number of rotatable bonds is 4. The smallest absolute Gasteiger partial charge is 0.244 e. The number of carbonyl (C=O) groups is 1. The highest BCUT2D eigenvalue weighted by molar-refractivity contribution is 6.35. The average Bonchev–Trinajstić information content (AvgIpc) is 2.46. The van der Waals surface area contributed by atoms with Crippen molar-refractivity contribution in [3.05, 3.63) is 75.5 Å². The number of carbonyl (C=O) groups excluding carboxylic acids is 1. The van der Waals surface area contributed by atoms with Crippen molar-refractivity contribution in [1.82, 2.24) is 5.32 Å². The first-order valence-corrected chi connectivity index (χ1v) is 6.95. The van der Waals surface area contributed by atoms with E-state index in [-0.39, 0.29) is 11.7 Å². The molecule has 0 radical (unpaired) electrons.